The zero-order valence-corrected chi connectivity index (χ0v) is 10.5. The number of carbonyl (C=O) groups excluding carboxylic acids is 1. The van der Waals surface area contributed by atoms with E-state index in [1.165, 1.54) is 6.26 Å². The number of amides is 1. The lowest BCUT2D eigenvalue weighted by Crippen LogP contribution is -2.13. The lowest BCUT2D eigenvalue weighted by molar-refractivity contribution is 0.102. The van der Waals surface area contributed by atoms with E-state index in [4.69, 9.17) is 9.26 Å². The van der Waals surface area contributed by atoms with Gasteiger partial charge in [-0.3, -0.25) is 4.79 Å². The molecule has 1 heterocycles. The second kappa shape index (κ2) is 4.91. The number of nitrogens with zero attached hydrogens (tertiary/aromatic N) is 1. The first-order valence-electron chi connectivity index (χ1n) is 5.49. The Labute approximate surface area is 105 Å². The average molecular weight is 246 g/mol. The minimum Gasteiger partial charge on any atom is -0.495 e. The number of ether oxygens (including phenoxy) is 1. The van der Waals surface area contributed by atoms with Crippen molar-refractivity contribution in [1.29, 1.82) is 0 Å². The highest BCUT2D eigenvalue weighted by Crippen LogP contribution is 2.25. The van der Waals surface area contributed by atoms with Crippen LogP contribution >= 0.6 is 0 Å². The van der Waals surface area contributed by atoms with Gasteiger partial charge in [0.1, 0.15) is 17.6 Å². The van der Waals surface area contributed by atoms with Gasteiger partial charge in [0.25, 0.3) is 5.91 Å². The van der Waals surface area contributed by atoms with Gasteiger partial charge in [-0.05, 0) is 31.5 Å². The summed E-state index contributed by atoms with van der Waals surface area (Å²) in [5.74, 6) is 0.348. The van der Waals surface area contributed by atoms with Crippen molar-refractivity contribution >= 4 is 11.6 Å². The third kappa shape index (κ3) is 2.34. The predicted molar refractivity (Wildman–Crippen MR) is 66.9 cm³/mol. The van der Waals surface area contributed by atoms with E-state index >= 15 is 0 Å². The number of aromatic nitrogens is 1. The van der Waals surface area contributed by atoms with Gasteiger partial charge in [0.15, 0.2) is 0 Å². The first kappa shape index (κ1) is 12.2. The van der Waals surface area contributed by atoms with Crippen LogP contribution in [-0.4, -0.2) is 18.2 Å². The van der Waals surface area contributed by atoms with E-state index in [-0.39, 0.29) is 5.91 Å². The smallest absolute Gasteiger partial charge is 0.260 e. The molecular formula is C13H14N2O3. The minimum absolute atomic E-state index is 0.266. The molecule has 0 bridgehead atoms. The highest BCUT2D eigenvalue weighted by atomic mass is 16.5. The van der Waals surface area contributed by atoms with Crippen LogP contribution in [0.1, 0.15) is 21.6 Å². The number of rotatable bonds is 3. The van der Waals surface area contributed by atoms with E-state index in [1.54, 1.807) is 14.0 Å². The molecule has 0 saturated carbocycles. The number of hydrogen-bond donors (Lipinski definition) is 1. The van der Waals surface area contributed by atoms with E-state index in [0.29, 0.717) is 22.7 Å². The molecule has 0 spiro atoms. The van der Waals surface area contributed by atoms with Crippen LogP contribution in [-0.2, 0) is 0 Å². The van der Waals surface area contributed by atoms with Crippen molar-refractivity contribution < 1.29 is 14.1 Å². The van der Waals surface area contributed by atoms with Gasteiger partial charge >= 0.3 is 0 Å². The maximum absolute atomic E-state index is 12.0. The molecule has 94 valence electrons. The summed E-state index contributed by atoms with van der Waals surface area (Å²) in [7, 11) is 1.56. The van der Waals surface area contributed by atoms with Crippen molar-refractivity contribution in [2.24, 2.45) is 0 Å². The van der Waals surface area contributed by atoms with Gasteiger partial charge in [-0.15, -0.1) is 0 Å². The topological polar surface area (TPSA) is 64.4 Å². The van der Waals surface area contributed by atoms with Gasteiger partial charge in [0.05, 0.1) is 18.5 Å². The molecule has 2 aromatic rings. The molecule has 2 rings (SSSR count). The van der Waals surface area contributed by atoms with Crippen molar-refractivity contribution in [2.45, 2.75) is 13.8 Å². The van der Waals surface area contributed by atoms with Crippen LogP contribution in [0.15, 0.2) is 29.0 Å². The van der Waals surface area contributed by atoms with E-state index in [9.17, 15) is 4.79 Å². The van der Waals surface area contributed by atoms with Gasteiger partial charge in [-0.25, -0.2) is 0 Å². The van der Waals surface area contributed by atoms with Gasteiger partial charge in [0, 0.05) is 0 Å². The molecule has 0 aliphatic heterocycles. The Bertz CT molecular complexity index is 575. The second-order valence-corrected chi connectivity index (χ2v) is 3.97. The van der Waals surface area contributed by atoms with Crippen molar-refractivity contribution in [3.63, 3.8) is 0 Å². The molecule has 18 heavy (non-hydrogen) atoms. The number of anilines is 1. The SMILES string of the molecule is COc1ccc(C)cc1NC(=O)c1conc1C. The fraction of sp³-hybridized carbons (Fsp3) is 0.231. The largest absolute Gasteiger partial charge is 0.495 e. The highest BCUT2D eigenvalue weighted by molar-refractivity contribution is 6.05. The van der Waals surface area contributed by atoms with E-state index in [0.717, 1.165) is 5.56 Å². The molecule has 5 heteroatoms. The third-order valence-electron chi connectivity index (χ3n) is 2.60. The first-order valence-corrected chi connectivity index (χ1v) is 5.49. The van der Waals surface area contributed by atoms with Crippen molar-refractivity contribution in [3.05, 3.63) is 41.3 Å². The lowest BCUT2D eigenvalue weighted by atomic mass is 10.2. The average Bonchev–Trinajstić information content (AvgIpc) is 2.76. The summed E-state index contributed by atoms with van der Waals surface area (Å²) < 4.78 is 9.94. The minimum atomic E-state index is -0.266. The molecule has 1 aromatic heterocycles. The number of aryl methyl sites for hydroxylation is 2. The molecule has 0 aliphatic carbocycles. The molecule has 0 aliphatic rings. The number of methoxy groups -OCH3 is 1. The standard InChI is InChI=1S/C13H14N2O3/c1-8-4-5-12(17-3)11(6-8)14-13(16)10-7-18-15-9(10)2/h4-7H,1-3H3,(H,14,16). The van der Waals surface area contributed by atoms with Gasteiger partial charge in [0.2, 0.25) is 0 Å². The first-order chi connectivity index (χ1) is 8.61. The Morgan fingerprint density at radius 2 is 2.17 bits per heavy atom. The third-order valence-corrected chi connectivity index (χ3v) is 2.60. The highest BCUT2D eigenvalue weighted by Gasteiger charge is 2.14. The summed E-state index contributed by atoms with van der Waals surface area (Å²) in [5, 5.41) is 6.45. The molecule has 5 nitrogen and oxygen atoms in total. The van der Waals surface area contributed by atoms with Crippen molar-refractivity contribution in [2.75, 3.05) is 12.4 Å². The summed E-state index contributed by atoms with van der Waals surface area (Å²) in [5.41, 5.74) is 2.63. The van der Waals surface area contributed by atoms with Gasteiger partial charge < -0.3 is 14.6 Å². The number of benzene rings is 1. The molecule has 0 atom stereocenters. The zero-order valence-electron chi connectivity index (χ0n) is 10.5. The fourth-order valence-electron chi connectivity index (χ4n) is 1.62. The Morgan fingerprint density at radius 1 is 1.39 bits per heavy atom. The molecule has 0 fully saturated rings. The molecule has 1 amide bonds. The fourth-order valence-corrected chi connectivity index (χ4v) is 1.62. The van der Waals surface area contributed by atoms with Gasteiger partial charge in [-0.2, -0.15) is 0 Å². The van der Waals surface area contributed by atoms with E-state index in [1.807, 2.05) is 25.1 Å². The maximum atomic E-state index is 12.0. The Hall–Kier alpha value is -2.30. The summed E-state index contributed by atoms with van der Waals surface area (Å²) in [6, 6.07) is 5.57. The van der Waals surface area contributed by atoms with Crippen LogP contribution in [0.5, 0.6) is 5.75 Å². The molecule has 0 unspecified atom stereocenters. The van der Waals surface area contributed by atoms with E-state index in [2.05, 4.69) is 10.5 Å². The normalized spacial score (nSPS) is 10.2. The van der Waals surface area contributed by atoms with Crippen LogP contribution in [0.2, 0.25) is 0 Å². The Kier molecular flexibility index (Phi) is 3.32. The summed E-state index contributed by atoms with van der Waals surface area (Å²) in [6.07, 6.45) is 1.33. The van der Waals surface area contributed by atoms with Crippen LogP contribution in [0.25, 0.3) is 0 Å². The summed E-state index contributed by atoms with van der Waals surface area (Å²) in [4.78, 5) is 12.0. The van der Waals surface area contributed by atoms with Crippen molar-refractivity contribution in [1.82, 2.24) is 5.16 Å². The molecule has 1 N–H and O–H groups in total. The Morgan fingerprint density at radius 3 is 2.78 bits per heavy atom. The van der Waals surface area contributed by atoms with Crippen LogP contribution in [0.4, 0.5) is 5.69 Å². The quantitative estimate of drug-likeness (QED) is 0.903. The monoisotopic (exact) mass is 246 g/mol. The zero-order chi connectivity index (χ0) is 13.1. The Balaban J connectivity index is 2.27. The van der Waals surface area contributed by atoms with Crippen LogP contribution < -0.4 is 10.1 Å². The molecule has 1 aromatic carbocycles. The summed E-state index contributed by atoms with van der Waals surface area (Å²) in [6.45, 7) is 3.66. The van der Waals surface area contributed by atoms with Crippen LogP contribution in [0, 0.1) is 13.8 Å². The van der Waals surface area contributed by atoms with Gasteiger partial charge in [-0.1, -0.05) is 11.2 Å². The number of hydrogen-bond acceptors (Lipinski definition) is 4. The summed E-state index contributed by atoms with van der Waals surface area (Å²) >= 11 is 0. The molecule has 0 radical (unpaired) electrons. The lowest BCUT2D eigenvalue weighted by Gasteiger charge is -2.10. The van der Waals surface area contributed by atoms with Crippen molar-refractivity contribution in [3.8, 4) is 5.75 Å². The number of nitrogens with one attached hydrogen (secondary N) is 1. The molecular weight excluding hydrogens is 232 g/mol. The van der Waals surface area contributed by atoms with E-state index < -0.39 is 0 Å². The number of carbonyl (C=O) groups is 1. The van der Waals surface area contributed by atoms with Crippen LogP contribution in [0.3, 0.4) is 0 Å². The predicted octanol–water partition coefficient (Wildman–Crippen LogP) is 2.55. The molecule has 0 saturated heterocycles. The second-order valence-electron chi connectivity index (χ2n) is 3.97. The maximum Gasteiger partial charge on any atom is 0.260 e.